The molecule has 0 unspecified atom stereocenters. The Labute approximate surface area is 513 Å². The molecule has 10 amide bonds. The van der Waals surface area contributed by atoms with Gasteiger partial charge < -0.3 is 65.9 Å². The molecule has 7 fully saturated rings. The molecule has 34 heteroatoms. The van der Waals surface area contributed by atoms with Crippen molar-refractivity contribution in [3.8, 4) is 11.5 Å². The highest BCUT2D eigenvalue weighted by molar-refractivity contribution is 8.02. The van der Waals surface area contributed by atoms with Gasteiger partial charge in [0.15, 0.2) is 5.92 Å². The minimum Gasteiger partial charge on any atom is -0.496 e. The zero-order chi connectivity index (χ0) is 64.3. The van der Waals surface area contributed by atoms with E-state index >= 15 is 0 Å². The fourth-order valence-corrected chi connectivity index (χ4v) is 17.6. The number of nitrogens with one attached hydrogen (secondary N) is 4. The highest BCUT2D eigenvalue weighted by Gasteiger charge is 2.67. The van der Waals surface area contributed by atoms with E-state index in [9.17, 15) is 86.4 Å². The Morgan fingerprint density at radius 2 is 1.03 bits per heavy atom. The Morgan fingerprint density at radius 3 is 1.41 bits per heavy atom. The summed E-state index contributed by atoms with van der Waals surface area (Å²) in [5.74, 6) is -8.80. The summed E-state index contributed by atoms with van der Waals surface area (Å²) < 4.78 is 32.4. The van der Waals surface area contributed by atoms with Gasteiger partial charge in [0.2, 0.25) is 39.6 Å². The Morgan fingerprint density at radius 1 is 0.598 bits per heavy atom. The van der Waals surface area contributed by atoms with Crippen LogP contribution in [0, 0.1) is 0 Å². The van der Waals surface area contributed by atoms with Crippen molar-refractivity contribution in [2.24, 2.45) is 0 Å². The molecule has 1 aromatic heterocycles. The highest BCUT2D eigenvalue weighted by Crippen LogP contribution is 2.53. The number of amides is 10. The number of β-lactam (4-membered cyclic amide) rings is 3. The molecule has 7 saturated heterocycles. The number of thioether (sulfide) groups is 3. The number of benzene rings is 2. The van der Waals surface area contributed by atoms with E-state index in [1.807, 2.05) is 0 Å². The van der Waals surface area contributed by atoms with Gasteiger partial charge in [-0.15, -0.1) is 35.3 Å². The van der Waals surface area contributed by atoms with Crippen LogP contribution in [0.2, 0.25) is 0 Å². The number of ether oxygens (including phenoxy) is 2. The van der Waals surface area contributed by atoms with Crippen LogP contribution in [-0.4, -0.2) is 224 Å². The van der Waals surface area contributed by atoms with E-state index < -0.39 is 160 Å². The van der Waals surface area contributed by atoms with Gasteiger partial charge in [-0.25, -0.2) is 41.6 Å². The number of thiophene rings is 1. The van der Waals surface area contributed by atoms with Gasteiger partial charge in [-0.3, -0.25) is 33.6 Å². The predicted molar refractivity (Wildman–Crippen MR) is 312 cm³/mol. The van der Waals surface area contributed by atoms with Gasteiger partial charge in [0.05, 0.1) is 33.6 Å². The summed E-state index contributed by atoms with van der Waals surface area (Å²) in [6, 6.07) is 5.65. The molecule has 29 nitrogen and oxygen atoms in total. The third kappa shape index (κ3) is 12.2. The largest absolute Gasteiger partial charge is 0.496 e. The molecule has 3 aromatic rings. The summed E-state index contributed by atoms with van der Waals surface area (Å²) >= 11 is 5.19. The van der Waals surface area contributed by atoms with Gasteiger partial charge in [0.1, 0.15) is 75.5 Å². The molecule has 87 heavy (non-hydrogen) atoms. The lowest BCUT2D eigenvalue weighted by molar-refractivity contribution is -0.161. The lowest BCUT2D eigenvalue weighted by atomic mass is 9.95. The van der Waals surface area contributed by atoms with Gasteiger partial charge in [0, 0.05) is 14.2 Å². The van der Waals surface area contributed by atoms with Crippen LogP contribution in [-0.2, 0) is 53.2 Å². The van der Waals surface area contributed by atoms with E-state index in [0.29, 0.717) is 31.8 Å². The molecule has 0 spiro atoms. The molecular weight excluding hydrogens is 1240 g/mol. The van der Waals surface area contributed by atoms with E-state index in [2.05, 4.69) is 21.3 Å². The molecule has 0 radical (unpaired) electrons. The molecule has 11 atom stereocenters. The number of hydrogen-bond acceptors (Lipinski definition) is 20. The molecule has 0 bridgehead atoms. The minimum absolute atomic E-state index is 0.193. The highest BCUT2D eigenvalue weighted by atomic mass is 32.2. The molecule has 468 valence electrons. The van der Waals surface area contributed by atoms with Crippen molar-refractivity contribution < 1.29 is 95.9 Å². The number of imide groups is 1. The monoisotopic (exact) mass is 1300 g/mol. The summed E-state index contributed by atoms with van der Waals surface area (Å²) in [5.41, 5.74) is 0.906. The first-order chi connectivity index (χ1) is 40.6. The number of carboxylic acids is 4. The number of hydrogen-bond donors (Lipinski definition) is 8. The van der Waals surface area contributed by atoms with Crippen molar-refractivity contribution >= 4 is 128 Å². The lowest BCUT2D eigenvalue weighted by Gasteiger charge is -2.44. The number of rotatable bonds is 16. The van der Waals surface area contributed by atoms with E-state index in [1.165, 1.54) is 75.5 Å². The van der Waals surface area contributed by atoms with Crippen LogP contribution in [0.5, 0.6) is 11.5 Å². The first-order valence-electron chi connectivity index (χ1n) is 26.3. The number of nitrogens with zero attached hydrogens (tertiary/aromatic N) is 5. The molecule has 0 saturated carbocycles. The number of sulfonamides is 1. The number of carbonyl (C=O) groups is 12. The van der Waals surface area contributed by atoms with Crippen molar-refractivity contribution in [3.05, 3.63) is 82.0 Å². The molecular formula is C53H61N9O20S5. The number of urea groups is 2. The average molecular weight is 1300 g/mol. The van der Waals surface area contributed by atoms with Crippen molar-refractivity contribution in [2.75, 3.05) is 33.6 Å². The van der Waals surface area contributed by atoms with Gasteiger partial charge in [-0.05, 0) is 81.6 Å². The average Bonchev–Trinajstić information content (AvgIpc) is 1.61. The number of carboxylic acid groups (broad SMARTS) is 4. The van der Waals surface area contributed by atoms with Crippen molar-refractivity contribution in [1.29, 1.82) is 0 Å². The van der Waals surface area contributed by atoms with Gasteiger partial charge in [0.25, 0.3) is 5.91 Å². The lowest BCUT2D eigenvalue weighted by Crippen LogP contribution is -2.71. The van der Waals surface area contributed by atoms with Crippen LogP contribution < -0.4 is 30.7 Å². The zero-order valence-corrected chi connectivity index (χ0v) is 51.8. The third-order valence-electron chi connectivity index (χ3n) is 15.2. The number of carbonyl (C=O) groups excluding carboxylic acids is 8. The molecule has 7 aliphatic heterocycles. The number of aliphatic carboxylic acids is 4. The molecule has 10 rings (SSSR count). The summed E-state index contributed by atoms with van der Waals surface area (Å²) in [7, 11) is -0.987. The van der Waals surface area contributed by atoms with Gasteiger partial charge in [-0.1, -0.05) is 36.4 Å². The van der Waals surface area contributed by atoms with Crippen molar-refractivity contribution in [2.45, 2.75) is 120 Å². The van der Waals surface area contributed by atoms with Crippen LogP contribution in [0.4, 0.5) is 9.59 Å². The summed E-state index contributed by atoms with van der Waals surface area (Å²) in [6.07, 6.45) is 0.850. The van der Waals surface area contributed by atoms with E-state index in [4.69, 9.17) is 9.47 Å². The Bertz CT molecular complexity index is 3440. The normalized spacial score (nSPS) is 26.4. The van der Waals surface area contributed by atoms with Gasteiger partial charge in [-0.2, -0.15) is 11.3 Å². The second-order valence-corrected chi connectivity index (χ2v) is 30.1. The second-order valence-electron chi connectivity index (χ2n) is 22.1. The summed E-state index contributed by atoms with van der Waals surface area (Å²) in [6.45, 7) is 10.0. The fraction of sp³-hybridized carbons (Fsp3) is 0.472. The molecule has 8 heterocycles. The van der Waals surface area contributed by atoms with Gasteiger partial charge >= 0.3 is 35.9 Å². The summed E-state index contributed by atoms with van der Waals surface area (Å²) in [4.78, 5) is 152. The molecule has 0 aliphatic carbocycles. The SMILES string of the molecule is CC1(C)S[C@@H]2[C@H](NC(=O)[C@H](C(=O)O)c3ccsc3)C(=O)N2[C@H]1C(=O)O.CC1(C)S[C@@H]2[C@H](NC(=O)[C@H](NC(=O)N3CCN(S(C)(=O)=O)C3=O)c3ccccc3)C(=O)N2[C@H]1C(=O)O.COc1cccc(OC)c1C(=O)N[C@@H]1C(=O)N2[C@@H]1SC(C)(C)[C@@H]2C(=O)O. The standard InChI is InChI=1S/C21H25N5O8S2.C17H20N2O6S.C15H16N2O6S2/c1-21(2)14(18(29)30)26-16(28)13(17(26)35-21)22-15(27)12(11-7-5-4-6-8-11)23-19(31)24-9-10-25(20(24)32)36(3,33)34;1-17(2)12(16(22)23)19-14(21)11(15(19)26-17)18-13(20)10-8(24-3)6-5-7-9(10)25-4;1-15(2)9(14(22)23)17-11(19)8(12(17)25-15)16-10(18)7(13(20)21)6-3-4-24-5-6/h4-8,12-14,17H,9-10H2,1-3H3,(H,22,27)(H,23,31)(H,29,30);5-7,11-12,15H,1-4H3,(H,18,20)(H,22,23);3-5,7-9,12H,1-2H3,(H,16,18)(H,20,21)(H,22,23)/t12-,13-,14+,17-;11-,12+,15-;7-,8-,9+,12-/m111/s1. The maximum atomic E-state index is 13.3. The minimum atomic E-state index is -3.87. The second kappa shape index (κ2) is 24.4. The first kappa shape index (κ1) is 65.2. The van der Waals surface area contributed by atoms with E-state index in [0.717, 1.165) is 6.26 Å². The van der Waals surface area contributed by atoms with Crippen molar-refractivity contribution in [1.82, 2.24) is 45.2 Å². The molecule has 8 N–H and O–H groups in total. The first-order valence-corrected chi connectivity index (χ1v) is 31.7. The van der Waals surface area contributed by atoms with Crippen molar-refractivity contribution in [3.63, 3.8) is 0 Å². The molecule has 7 aliphatic rings. The maximum Gasteiger partial charge on any atom is 0.341 e. The van der Waals surface area contributed by atoms with Crippen LogP contribution >= 0.6 is 46.6 Å². The van der Waals surface area contributed by atoms with Crippen LogP contribution in [0.3, 0.4) is 0 Å². The maximum absolute atomic E-state index is 13.3. The Hall–Kier alpha value is -7.82. The Balaban J connectivity index is 0.000000173. The zero-order valence-electron chi connectivity index (χ0n) is 47.7. The fourth-order valence-electron chi connectivity index (χ4n) is 11.2. The van der Waals surface area contributed by atoms with Crippen LogP contribution in [0.15, 0.2) is 65.4 Å². The smallest absolute Gasteiger partial charge is 0.341 e. The van der Waals surface area contributed by atoms with E-state index in [-0.39, 0.29) is 18.7 Å². The number of methoxy groups -OCH3 is 2. The predicted octanol–water partition coefficient (Wildman–Crippen LogP) is 1.26. The summed E-state index contributed by atoms with van der Waals surface area (Å²) in [5, 5.41) is 49.7. The van der Waals surface area contributed by atoms with Crippen LogP contribution in [0.1, 0.15) is 75.0 Å². The number of fused-ring (bicyclic) bond motifs is 3. The Kier molecular flexibility index (Phi) is 18.3. The van der Waals surface area contributed by atoms with Crippen LogP contribution in [0.25, 0.3) is 0 Å². The van der Waals surface area contributed by atoms with E-state index in [1.54, 1.807) is 107 Å². The third-order valence-corrected chi connectivity index (χ3v) is 21.8. The molecule has 2 aromatic carbocycles. The topological polar surface area (TPSA) is 403 Å². The quantitative estimate of drug-likeness (QED) is 0.0739.